The van der Waals surface area contributed by atoms with E-state index < -0.39 is 0 Å². The summed E-state index contributed by atoms with van der Waals surface area (Å²) in [7, 11) is 0. The fourth-order valence-corrected chi connectivity index (χ4v) is 2.95. The number of hydrogen-bond acceptors (Lipinski definition) is 1. The van der Waals surface area contributed by atoms with Gasteiger partial charge in [-0.3, -0.25) is 0 Å². The normalized spacial score (nSPS) is 24.5. The lowest BCUT2D eigenvalue weighted by Crippen LogP contribution is -2.25. The highest BCUT2D eigenvalue weighted by Crippen LogP contribution is 2.25. The molecule has 3 rings (SSSR count). The third kappa shape index (κ3) is 2.22. The first-order valence-corrected chi connectivity index (χ1v) is 6.61. The molecule has 2 heteroatoms. The third-order valence-corrected chi connectivity index (χ3v) is 3.96. The maximum atomic E-state index is 3.70. The topological polar surface area (TPSA) is 27.8 Å². The van der Waals surface area contributed by atoms with Crippen molar-refractivity contribution in [3.05, 3.63) is 36.0 Å². The number of aromatic amines is 1. The van der Waals surface area contributed by atoms with Crippen LogP contribution in [0.25, 0.3) is 10.9 Å². The van der Waals surface area contributed by atoms with E-state index in [1.165, 1.54) is 35.7 Å². The monoisotopic (exact) mass is 228 g/mol. The first kappa shape index (κ1) is 10.8. The molecule has 1 aliphatic rings. The Morgan fingerprint density at radius 2 is 2.24 bits per heavy atom. The van der Waals surface area contributed by atoms with E-state index in [2.05, 4.69) is 41.5 Å². The highest BCUT2D eigenvalue weighted by atomic mass is 14.9. The van der Waals surface area contributed by atoms with Gasteiger partial charge in [-0.05, 0) is 42.9 Å². The van der Waals surface area contributed by atoms with Crippen LogP contribution in [-0.4, -0.2) is 11.0 Å². The van der Waals surface area contributed by atoms with Gasteiger partial charge >= 0.3 is 0 Å². The molecule has 2 unspecified atom stereocenters. The van der Waals surface area contributed by atoms with Crippen LogP contribution in [0.5, 0.6) is 0 Å². The van der Waals surface area contributed by atoms with Crippen molar-refractivity contribution in [2.24, 2.45) is 5.92 Å². The van der Waals surface area contributed by atoms with Gasteiger partial charge in [0.1, 0.15) is 0 Å². The summed E-state index contributed by atoms with van der Waals surface area (Å²) >= 11 is 0. The predicted molar refractivity (Wildman–Crippen MR) is 71.9 cm³/mol. The third-order valence-electron chi connectivity index (χ3n) is 3.96. The Morgan fingerprint density at radius 3 is 3.06 bits per heavy atom. The van der Waals surface area contributed by atoms with Crippen LogP contribution in [0.1, 0.15) is 31.7 Å². The molecule has 1 fully saturated rings. The van der Waals surface area contributed by atoms with Gasteiger partial charge in [0.25, 0.3) is 0 Å². The van der Waals surface area contributed by atoms with Crippen LogP contribution in [0.4, 0.5) is 0 Å². The molecule has 1 saturated carbocycles. The first-order chi connectivity index (χ1) is 8.33. The molecule has 0 amide bonds. The second-order valence-corrected chi connectivity index (χ2v) is 5.35. The average Bonchev–Trinajstić information content (AvgIpc) is 2.94. The summed E-state index contributed by atoms with van der Waals surface area (Å²) in [6, 6.07) is 9.38. The Kier molecular flexibility index (Phi) is 2.89. The van der Waals surface area contributed by atoms with Crippen molar-refractivity contribution in [1.29, 1.82) is 0 Å². The number of H-pyrrole nitrogens is 1. The average molecular weight is 228 g/mol. The standard InChI is InChI=1S/C15H20N2/c1-11-5-6-13(9-11)17-10-12-3-2-4-15-14(12)7-8-16-15/h2-4,7-8,11,13,16-17H,5-6,9-10H2,1H3. The van der Waals surface area contributed by atoms with Crippen molar-refractivity contribution >= 4 is 10.9 Å². The molecule has 0 spiro atoms. The molecule has 17 heavy (non-hydrogen) atoms. The second kappa shape index (κ2) is 4.53. The van der Waals surface area contributed by atoms with E-state index in [4.69, 9.17) is 0 Å². The van der Waals surface area contributed by atoms with Crippen molar-refractivity contribution in [2.45, 2.75) is 38.8 Å². The van der Waals surface area contributed by atoms with Gasteiger partial charge in [0, 0.05) is 29.7 Å². The van der Waals surface area contributed by atoms with E-state index in [0.29, 0.717) is 0 Å². The van der Waals surface area contributed by atoms with E-state index in [-0.39, 0.29) is 0 Å². The lowest BCUT2D eigenvalue weighted by Gasteiger charge is -2.12. The summed E-state index contributed by atoms with van der Waals surface area (Å²) in [6.07, 6.45) is 6.07. The number of hydrogen-bond donors (Lipinski definition) is 2. The summed E-state index contributed by atoms with van der Waals surface area (Å²) in [5.74, 6) is 0.899. The summed E-state index contributed by atoms with van der Waals surface area (Å²) in [4.78, 5) is 3.27. The number of benzene rings is 1. The van der Waals surface area contributed by atoms with Gasteiger partial charge in [-0.2, -0.15) is 0 Å². The van der Waals surface area contributed by atoms with E-state index >= 15 is 0 Å². The molecule has 0 aliphatic heterocycles. The van der Waals surface area contributed by atoms with Gasteiger partial charge in [0.2, 0.25) is 0 Å². The number of fused-ring (bicyclic) bond motifs is 1. The van der Waals surface area contributed by atoms with Crippen LogP contribution in [0, 0.1) is 5.92 Å². The smallest absolute Gasteiger partial charge is 0.0457 e. The molecule has 2 N–H and O–H groups in total. The fourth-order valence-electron chi connectivity index (χ4n) is 2.95. The zero-order valence-electron chi connectivity index (χ0n) is 10.4. The van der Waals surface area contributed by atoms with Crippen LogP contribution < -0.4 is 5.32 Å². The highest BCUT2D eigenvalue weighted by Gasteiger charge is 2.20. The fraction of sp³-hybridized carbons (Fsp3) is 0.467. The number of rotatable bonds is 3. The molecule has 0 saturated heterocycles. The Hall–Kier alpha value is -1.28. The largest absolute Gasteiger partial charge is 0.361 e. The van der Waals surface area contributed by atoms with E-state index in [9.17, 15) is 0 Å². The molecule has 0 bridgehead atoms. The minimum absolute atomic E-state index is 0.721. The molecule has 90 valence electrons. The minimum atomic E-state index is 0.721. The highest BCUT2D eigenvalue weighted by molar-refractivity contribution is 5.82. The van der Waals surface area contributed by atoms with Crippen molar-refractivity contribution < 1.29 is 0 Å². The van der Waals surface area contributed by atoms with Gasteiger partial charge < -0.3 is 10.3 Å². The molecule has 2 atom stereocenters. The number of nitrogens with one attached hydrogen (secondary N) is 2. The predicted octanol–water partition coefficient (Wildman–Crippen LogP) is 3.45. The quantitative estimate of drug-likeness (QED) is 0.827. The van der Waals surface area contributed by atoms with Crippen molar-refractivity contribution in [1.82, 2.24) is 10.3 Å². The molecule has 2 aromatic rings. The van der Waals surface area contributed by atoms with Crippen LogP contribution in [0.3, 0.4) is 0 Å². The molecule has 1 aromatic carbocycles. The SMILES string of the molecule is CC1CCC(NCc2cccc3[nH]ccc23)C1. The van der Waals surface area contributed by atoms with E-state index in [1.807, 2.05) is 6.20 Å². The van der Waals surface area contributed by atoms with Crippen LogP contribution in [0.2, 0.25) is 0 Å². The zero-order chi connectivity index (χ0) is 11.7. The molecular weight excluding hydrogens is 208 g/mol. The molecule has 1 aromatic heterocycles. The van der Waals surface area contributed by atoms with Crippen LogP contribution >= 0.6 is 0 Å². The molecule has 1 heterocycles. The van der Waals surface area contributed by atoms with Gasteiger partial charge in [-0.25, -0.2) is 0 Å². The second-order valence-electron chi connectivity index (χ2n) is 5.35. The molecule has 1 aliphatic carbocycles. The van der Waals surface area contributed by atoms with Crippen LogP contribution in [-0.2, 0) is 6.54 Å². The zero-order valence-corrected chi connectivity index (χ0v) is 10.4. The molecule has 2 nitrogen and oxygen atoms in total. The van der Waals surface area contributed by atoms with Crippen molar-refractivity contribution in [2.75, 3.05) is 0 Å². The Labute approximate surface area is 102 Å². The van der Waals surface area contributed by atoms with Crippen molar-refractivity contribution in [3.8, 4) is 0 Å². The summed E-state index contributed by atoms with van der Waals surface area (Å²) < 4.78 is 0. The minimum Gasteiger partial charge on any atom is -0.361 e. The summed E-state index contributed by atoms with van der Waals surface area (Å²) in [5, 5.41) is 5.05. The number of aromatic nitrogens is 1. The van der Waals surface area contributed by atoms with Crippen LogP contribution in [0.15, 0.2) is 30.5 Å². The summed E-state index contributed by atoms with van der Waals surface area (Å²) in [6.45, 7) is 3.35. The first-order valence-electron chi connectivity index (χ1n) is 6.61. The Bertz CT molecular complexity index is 500. The summed E-state index contributed by atoms with van der Waals surface area (Å²) in [5.41, 5.74) is 2.65. The van der Waals surface area contributed by atoms with E-state index in [0.717, 1.165) is 18.5 Å². The van der Waals surface area contributed by atoms with Gasteiger partial charge in [-0.1, -0.05) is 19.1 Å². The maximum Gasteiger partial charge on any atom is 0.0457 e. The Morgan fingerprint density at radius 1 is 1.29 bits per heavy atom. The lowest BCUT2D eigenvalue weighted by molar-refractivity contribution is 0.503. The van der Waals surface area contributed by atoms with Crippen molar-refractivity contribution in [3.63, 3.8) is 0 Å². The maximum absolute atomic E-state index is 3.70. The molecule has 0 radical (unpaired) electrons. The van der Waals surface area contributed by atoms with Gasteiger partial charge in [0.15, 0.2) is 0 Å². The lowest BCUT2D eigenvalue weighted by atomic mass is 10.1. The Balaban J connectivity index is 1.70. The van der Waals surface area contributed by atoms with E-state index in [1.54, 1.807) is 0 Å². The molecular formula is C15H20N2. The van der Waals surface area contributed by atoms with Gasteiger partial charge in [0.05, 0.1) is 0 Å². The van der Waals surface area contributed by atoms with Gasteiger partial charge in [-0.15, -0.1) is 0 Å².